The topological polar surface area (TPSA) is 283 Å². The van der Waals surface area contributed by atoms with Crippen LogP contribution in [-0.2, 0) is 69.6 Å². The number of rotatable bonds is 29. The zero-order valence-electron chi connectivity index (χ0n) is 45.3. The summed E-state index contributed by atoms with van der Waals surface area (Å²) in [4.78, 5) is 70.3. The first kappa shape index (κ1) is 58.0. The summed E-state index contributed by atoms with van der Waals surface area (Å²) in [5.74, 6) is -1.51. The molecule has 78 heavy (non-hydrogen) atoms. The Bertz CT molecular complexity index is 3070. The maximum atomic E-state index is 14.2. The lowest BCUT2D eigenvalue weighted by Gasteiger charge is -2.35. The maximum absolute atomic E-state index is 14.2. The van der Waals surface area contributed by atoms with Crippen molar-refractivity contribution in [3.8, 4) is 28.6 Å². The van der Waals surface area contributed by atoms with Crippen molar-refractivity contribution in [1.82, 2.24) is 25.1 Å². The molecular weight excluding hydrogens is 1010 g/mol. The summed E-state index contributed by atoms with van der Waals surface area (Å²) in [5.41, 5.74) is 12.1. The minimum absolute atomic E-state index is 0.00788. The monoisotopic (exact) mass is 1080 g/mol. The largest absolute Gasteiger partial charge is 0.514 e. The number of nitrogens with zero attached hydrogens (tertiary/aromatic N) is 4. The number of nitrogens with one attached hydrogen (secondary N) is 3. The molecule has 5 aromatic rings. The lowest BCUT2D eigenvalue weighted by molar-refractivity contribution is -0.190. The molecule has 2 aliphatic heterocycles. The summed E-state index contributed by atoms with van der Waals surface area (Å²) in [7, 11) is 0. The number of benzene rings is 2. The third kappa shape index (κ3) is 14.5. The van der Waals surface area contributed by atoms with Crippen LogP contribution in [0.4, 0.5) is 4.79 Å². The third-order valence-electron chi connectivity index (χ3n) is 13.1. The van der Waals surface area contributed by atoms with Gasteiger partial charge in [-0.2, -0.15) is 10.2 Å². The van der Waals surface area contributed by atoms with Crippen LogP contribution in [0.25, 0.3) is 22.3 Å². The molecule has 4 N–H and O–H groups in total. The van der Waals surface area contributed by atoms with Gasteiger partial charge in [0, 0.05) is 41.0 Å². The first-order chi connectivity index (χ1) is 37.4. The summed E-state index contributed by atoms with van der Waals surface area (Å²) >= 11 is 0. The van der Waals surface area contributed by atoms with E-state index in [0.29, 0.717) is 86.3 Å². The number of H-pyrrole nitrogens is 1. The van der Waals surface area contributed by atoms with Gasteiger partial charge in [-0.25, -0.2) is 24.9 Å². The van der Waals surface area contributed by atoms with E-state index >= 15 is 0 Å². The molecule has 0 saturated carbocycles. The molecule has 22 nitrogen and oxygen atoms in total. The zero-order valence-corrected chi connectivity index (χ0v) is 45.3. The van der Waals surface area contributed by atoms with Gasteiger partial charge in [0.1, 0.15) is 29.5 Å². The number of cyclic esters (lactones) is 1. The molecule has 3 aromatic heterocycles. The van der Waals surface area contributed by atoms with Crippen molar-refractivity contribution in [3.05, 3.63) is 109 Å². The quantitative estimate of drug-likeness (QED) is 0.0113. The number of carbonyl (C=O) groups excluding carboxylic acids is 3. The van der Waals surface area contributed by atoms with Crippen LogP contribution in [0.2, 0.25) is 0 Å². The normalized spacial score (nSPS) is 14.8. The van der Waals surface area contributed by atoms with Crippen LogP contribution in [0.1, 0.15) is 116 Å². The van der Waals surface area contributed by atoms with E-state index in [1.165, 1.54) is 12.1 Å². The van der Waals surface area contributed by atoms with E-state index in [1.807, 2.05) is 20.8 Å². The van der Waals surface area contributed by atoms with E-state index in [-0.39, 0.29) is 80.4 Å². The second-order valence-corrected chi connectivity index (χ2v) is 19.7. The number of aromatic carboxylic acids is 1. The van der Waals surface area contributed by atoms with Crippen LogP contribution in [0.5, 0.6) is 17.2 Å². The van der Waals surface area contributed by atoms with Gasteiger partial charge in [-0.15, -0.1) is 0 Å². The van der Waals surface area contributed by atoms with Gasteiger partial charge in [0.2, 0.25) is 5.60 Å². The van der Waals surface area contributed by atoms with Crippen LogP contribution in [0.15, 0.2) is 64.3 Å². The molecule has 7 rings (SSSR count). The van der Waals surface area contributed by atoms with Crippen LogP contribution >= 0.6 is 0 Å². The molecule has 0 radical (unpaired) electrons. The average Bonchev–Trinajstić information content (AvgIpc) is 4.12. The molecule has 0 saturated heterocycles. The fourth-order valence-electron chi connectivity index (χ4n) is 9.24. The van der Waals surface area contributed by atoms with Crippen molar-refractivity contribution in [2.24, 2.45) is 5.11 Å². The molecule has 0 spiro atoms. The number of fused-ring (bicyclic) bond motifs is 5. The van der Waals surface area contributed by atoms with Crippen LogP contribution < -0.4 is 25.1 Å². The van der Waals surface area contributed by atoms with E-state index < -0.39 is 35.3 Å². The number of aromatic nitrogens is 4. The molecule has 22 heteroatoms. The first-order valence-electron chi connectivity index (χ1n) is 26.2. The smallest absolute Gasteiger partial charge is 0.493 e. The van der Waals surface area contributed by atoms with Crippen molar-refractivity contribution in [3.63, 3.8) is 0 Å². The van der Waals surface area contributed by atoms with E-state index in [1.54, 1.807) is 68.8 Å². The Morgan fingerprint density at radius 2 is 1.59 bits per heavy atom. The second kappa shape index (κ2) is 26.6. The fourth-order valence-corrected chi connectivity index (χ4v) is 9.24. The highest BCUT2D eigenvalue weighted by Gasteiger charge is 2.50. The maximum Gasteiger partial charge on any atom is 0.514 e. The van der Waals surface area contributed by atoms with E-state index in [4.69, 9.17) is 53.1 Å². The van der Waals surface area contributed by atoms with Gasteiger partial charge < -0.3 is 57.6 Å². The average molecular weight is 1080 g/mol. The molecule has 2 aromatic carbocycles. The van der Waals surface area contributed by atoms with Crippen molar-refractivity contribution in [2.45, 2.75) is 118 Å². The van der Waals surface area contributed by atoms with Crippen LogP contribution in [-0.4, -0.2) is 114 Å². The van der Waals surface area contributed by atoms with Crippen LogP contribution in [0, 0.1) is 19.4 Å². The SMILES string of the molecule is CCc1c2c(nc3ccc(OC(=O)OC(C)(C)C)cc13)-c1cc3c(c(=O)n1C2)COC(=O)C3(CC)OC(=O)CCOCCOCCOCCN/C=C(/CCCOc1cc(OCCCc2c(C)n[nH]c2C)cc(C(=O)O)c1)N=N. The Morgan fingerprint density at radius 1 is 0.885 bits per heavy atom. The second-order valence-electron chi connectivity index (χ2n) is 19.7. The van der Waals surface area contributed by atoms with E-state index in [0.717, 1.165) is 46.3 Å². The van der Waals surface area contributed by atoms with Gasteiger partial charge in [-0.3, -0.25) is 14.7 Å². The van der Waals surface area contributed by atoms with Gasteiger partial charge in [0.15, 0.2) is 0 Å². The van der Waals surface area contributed by atoms with Crippen LogP contribution in [0.3, 0.4) is 0 Å². The van der Waals surface area contributed by atoms with E-state index in [2.05, 4.69) is 20.6 Å². The molecule has 0 bridgehead atoms. The third-order valence-corrected chi connectivity index (χ3v) is 13.1. The number of carboxylic acid groups (broad SMARTS) is 1. The minimum atomic E-state index is -1.87. The van der Waals surface area contributed by atoms with Gasteiger partial charge in [0.25, 0.3) is 5.56 Å². The Morgan fingerprint density at radius 3 is 2.24 bits per heavy atom. The summed E-state index contributed by atoms with van der Waals surface area (Å²) in [6, 6.07) is 11.4. The Labute approximate surface area is 451 Å². The molecule has 1 unspecified atom stereocenters. The number of ether oxygens (including phenoxy) is 9. The Balaban J connectivity index is 0.794. The van der Waals surface area contributed by atoms with Crippen molar-refractivity contribution in [2.75, 3.05) is 59.4 Å². The summed E-state index contributed by atoms with van der Waals surface area (Å²) in [6.07, 6.45) is 3.72. The number of aryl methyl sites for hydroxylation is 3. The molecule has 1 atom stereocenters. The number of pyridine rings is 2. The number of aromatic amines is 1. The number of allylic oxidation sites excluding steroid dienone is 1. The first-order valence-corrected chi connectivity index (χ1v) is 26.2. The standard InChI is InChI=1S/C56H69N7O15/c1-8-41-43-29-38(76-54(69)78-55(5,6)7)14-15-47(43)59-50-44(41)32-63-48(50)30-46-45(51(63)65)33-75-53(68)56(46,9-2)77-49(64)16-20-70-22-24-72-25-23-71-21-17-58-31-37(60-57)12-10-18-73-39-26-36(52(66)67)27-40(28-39)74-19-11-13-42-34(3)61-62-35(42)4/h14-15,26-31,57-58H,8-13,16-25,32-33H2,1-7H3,(H,61,62)(H,66,67)/b37-31-,60-57?. The number of carbonyl (C=O) groups is 4. The lowest BCUT2D eigenvalue weighted by atomic mass is 9.85. The van der Waals surface area contributed by atoms with Gasteiger partial charge in [-0.1, -0.05) is 13.8 Å². The van der Waals surface area contributed by atoms with Crippen molar-refractivity contribution in [1.29, 1.82) is 5.53 Å². The number of hydrogen-bond acceptors (Lipinski definition) is 19. The molecule has 0 aliphatic carbocycles. The lowest BCUT2D eigenvalue weighted by Crippen LogP contribution is -2.47. The Kier molecular flexibility index (Phi) is 19.8. The van der Waals surface area contributed by atoms with Crippen molar-refractivity contribution < 1.29 is 66.9 Å². The minimum Gasteiger partial charge on any atom is -0.493 e. The van der Waals surface area contributed by atoms with Crippen molar-refractivity contribution >= 4 is 35.0 Å². The molecule has 0 fully saturated rings. The molecule has 5 heterocycles. The molecule has 2 aliphatic rings. The predicted molar refractivity (Wildman–Crippen MR) is 283 cm³/mol. The summed E-state index contributed by atoms with van der Waals surface area (Å²) in [5, 5.41) is 24.2. The van der Waals surface area contributed by atoms with Gasteiger partial charge in [0.05, 0.1) is 105 Å². The summed E-state index contributed by atoms with van der Waals surface area (Å²) in [6.45, 7) is 15.3. The highest BCUT2D eigenvalue weighted by atomic mass is 16.7. The number of carboxylic acids is 1. The highest BCUT2D eigenvalue weighted by molar-refractivity contribution is 5.91. The van der Waals surface area contributed by atoms with E-state index in [9.17, 15) is 29.1 Å². The fraction of sp³-hybridized carbons (Fsp3) is 0.482. The summed E-state index contributed by atoms with van der Waals surface area (Å²) < 4.78 is 52.4. The number of esters is 2. The zero-order chi connectivity index (χ0) is 56.0. The number of hydrogen-bond donors (Lipinski definition) is 4. The molecular formula is C56H69N7O15. The predicted octanol–water partition coefficient (Wildman–Crippen LogP) is 8.32. The van der Waals surface area contributed by atoms with Gasteiger partial charge in [-0.05, 0) is 121 Å². The van der Waals surface area contributed by atoms with Gasteiger partial charge >= 0.3 is 24.1 Å². The molecule has 0 amide bonds. The Hall–Kier alpha value is -7.69. The molecule has 418 valence electrons. The highest BCUT2D eigenvalue weighted by Crippen LogP contribution is 2.43.